The first-order valence-corrected chi connectivity index (χ1v) is 4.28. The first-order valence-electron chi connectivity index (χ1n) is 4.28. The van der Waals surface area contributed by atoms with Gasteiger partial charge in [0.15, 0.2) is 0 Å². The summed E-state index contributed by atoms with van der Waals surface area (Å²) < 4.78 is 12.6. The molecule has 1 aromatic carbocycles. The predicted octanol–water partition coefficient (Wildman–Crippen LogP) is 2.41. The summed E-state index contributed by atoms with van der Waals surface area (Å²) in [6.45, 7) is 1.44. The Morgan fingerprint density at radius 3 is 2.50 bits per heavy atom. The van der Waals surface area contributed by atoms with Crippen LogP contribution in [-0.2, 0) is 4.79 Å². The lowest BCUT2D eigenvalue weighted by molar-refractivity contribution is -0.117. The molecule has 0 fully saturated rings. The molecule has 0 amide bonds. The summed E-state index contributed by atoms with van der Waals surface area (Å²) >= 11 is 0. The van der Waals surface area contributed by atoms with E-state index in [4.69, 9.17) is 5.26 Å². The number of ketones is 1. The number of carbonyl (C=O) groups excluding carboxylic acids is 1. The molecule has 1 rings (SSSR count). The second-order valence-corrected chi connectivity index (χ2v) is 3.14. The monoisotopic (exact) mass is 191 g/mol. The third-order valence-electron chi connectivity index (χ3n) is 1.92. The second kappa shape index (κ2) is 4.52. The highest BCUT2D eigenvalue weighted by Crippen LogP contribution is 2.19. The van der Waals surface area contributed by atoms with E-state index in [1.807, 2.05) is 6.07 Å². The Morgan fingerprint density at radius 2 is 2.07 bits per heavy atom. The van der Waals surface area contributed by atoms with Crippen LogP contribution in [0, 0.1) is 17.1 Å². The van der Waals surface area contributed by atoms with Gasteiger partial charge in [-0.3, -0.25) is 4.79 Å². The lowest BCUT2D eigenvalue weighted by Crippen LogP contribution is -2.01. The molecule has 3 heteroatoms. The lowest BCUT2D eigenvalue weighted by atomic mass is 9.96. The van der Waals surface area contributed by atoms with Crippen LogP contribution in [-0.4, -0.2) is 5.78 Å². The van der Waals surface area contributed by atoms with E-state index in [0.717, 1.165) is 0 Å². The number of rotatable bonds is 3. The fourth-order valence-electron chi connectivity index (χ4n) is 1.22. The largest absolute Gasteiger partial charge is 0.300 e. The average Bonchev–Trinajstić information content (AvgIpc) is 2.15. The van der Waals surface area contributed by atoms with Gasteiger partial charge in [-0.2, -0.15) is 5.26 Å². The number of hydrogen-bond donors (Lipinski definition) is 0. The minimum Gasteiger partial charge on any atom is -0.300 e. The first-order chi connectivity index (χ1) is 6.63. The molecule has 72 valence electrons. The molecule has 1 atom stereocenters. The molecule has 0 aromatic heterocycles. The molecule has 0 saturated heterocycles. The fraction of sp³-hybridized carbons (Fsp3) is 0.273. The van der Waals surface area contributed by atoms with E-state index in [0.29, 0.717) is 5.56 Å². The van der Waals surface area contributed by atoms with Crippen LogP contribution in [0.2, 0.25) is 0 Å². The maximum atomic E-state index is 12.6. The zero-order valence-electron chi connectivity index (χ0n) is 7.83. The van der Waals surface area contributed by atoms with Gasteiger partial charge in [-0.05, 0) is 24.6 Å². The van der Waals surface area contributed by atoms with Crippen LogP contribution in [0.1, 0.15) is 24.8 Å². The Morgan fingerprint density at radius 1 is 1.50 bits per heavy atom. The maximum absolute atomic E-state index is 12.6. The summed E-state index contributed by atoms with van der Waals surface area (Å²) in [5.74, 6) is -0.845. The first kappa shape index (κ1) is 10.4. The highest BCUT2D eigenvalue weighted by molar-refractivity contribution is 5.76. The van der Waals surface area contributed by atoms with Crippen LogP contribution in [0.25, 0.3) is 0 Å². The van der Waals surface area contributed by atoms with Crippen molar-refractivity contribution in [1.29, 1.82) is 5.26 Å². The van der Waals surface area contributed by atoms with Gasteiger partial charge in [-0.15, -0.1) is 0 Å². The molecule has 0 aliphatic heterocycles. The van der Waals surface area contributed by atoms with Crippen molar-refractivity contribution in [2.45, 2.75) is 19.3 Å². The minimum atomic E-state index is -0.465. The average molecular weight is 191 g/mol. The lowest BCUT2D eigenvalue weighted by Gasteiger charge is -2.06. The molecule has 0 bridgehead atoms. The quantitative estimate of drug-likeness (QED) is 0.736. The molecule has 0 saturated carbocycles. The van der Waals surface area contributed by atoms with Crippen molar-refractivity contribution in [3.8, 4) is 6.07 Å². The number of benzene rings is 1. The van der Waals surface area contributed by atoms with E-state index in [1.165, 1.54) is 31.2 Å². The zero-order chi connectivity index (χ0) is 10.6. The van der Waals surface area contributed by atoms with Gasteiger partial charge in [0, 0.05) is 6.42 Å². The van der Waals surface area contributed by atoms with Crippen LogP contribution >= 0.6 is 0 Å². The summed E-state index contributed by atoms with van der Waals surface area (Å²) in [7, 11) is 0. The van der Waals surface area contributed by atoms with E-state index >= 15 is 0 Å². The molecule has 0 N–H and O–H groups in total. The van der Waals surface area contributed by atoms with E-state index in [2.05, 4.69) is 0 Å². The van der Waals surface area contributed by atoms with Crippen molar-refractivity contribution in [3.05, 3.63) is 35.6 Å². The zero-order valence-corrected chi connectivity index (χ0v) is 7.83. The van der Waals surface area contributed by atoms with Gasteiger partial charge >= 0.3 is 0 Å². The Labute approximate surface area is 82.0 Å². The van der Waals surface area contributed by atoms with Crippen LogP contribution in [0.5, 0.6) is 0 Å². The van der Waals surface area contributed by atoms with Gasteiger partial charge in [0.2, 0.25) is 0 Å². The third-order valence-corrected chi connectivity index (χ3v) is 1.92. The van der Waals surface area contributed by atoms with Gasteiger partial charge < -0.3 is 0 Å². The number of nitriles is 1. The standard InChI is InChI=1S/C11H10FNO/c1-8(14)6-10(7-13)9-2-4-11(12)5-3-9/h2-5,10H,6H2,1H3. The minimum absolute atomic E-state index is 0.0409. The number of carbonyl (C=O) groups is 1. The highest BCUT2D eigenvalue weighted by Gasteiger charge is 2.12. The SMILES string of the molecule is CC(=O)CC(C#N)c1ccc(F)cc1. The molecule has 0 heterocycles. The summed E-state index contributed by atoms with van der Waals surface area (Å²) in [5, 5.41) is 8.80. The van der Waals surface area contributed by atoms with Gasteiger partial charge in [-0.1, -0.05) is 12.1 Å². The van der Waals surface area contributed by atoms with Crippen LogP contribution < -0.4 is 0 Å². The molecule has 0 aliphatic rings. The van der Waals surface area contributed by atoms with E-state index in [9.17, 15) is 9.18 Å². The van der Waals surface area contributed by atoms with Crippen molar-refractivity contribution >= 4 is 5.78 Å². The Bertz CT molecular complexity index is 364. The van der Waals surface area contributed by atoms with E-state index < -0.39 is 5.92 Å². The smallest absolute Gasteiger partial charge is 0.131 e. The van der Waals surface area contributed by atoms with Crippen LogP contribution in [0.3, 0.4) is 0 Å². The normalized spacial score (nSPS) is 11.8. The Balaban J connectivity index is 2.85. The van der Waals surface area contributed by atoms with Crippen molar-refractivity contribution in [1.82, 2.24) is 0 Å². The van der Waals surface area contributed by atoms with Crippen molar-refractivity contribution in [2.24, 2.45) is 0 Å². The van der Waals surface area contributed by atoms with E-state index in [1.54, 1.807) is 0 Å². The second-order valence-electron chi connectivity index (χ2n) is 3.14. The van der Waals surface area contributed by atoms with Crippen molar-refractivity contribution in [2.75, 3.05) is 0 Å². The van der Waals surface area contributed by atoms with Crippen LogP contribution in [0.15, 0.2) is 24.3 Å². The molecule has 1 unspecified atom stereocenters. The topological polar surface area (TPSA) is 40.9 Å². The summed E-state index contributed by atoms with van der Waals surface area (Å²) in [6, 6.07) is 7.68. The van der Waals surface area contributed by atoms with Gasteiger partial charge in [-0.25, -0.2) is 4.39 Å². The third kappa shape index (κ3) is 2.67. The summed E-state index contributed by atoms with van der Waals surface area (Å²) in [6.07, 6.45) is 0.183. The molecule has 1 aromatic rings. The van der Waals surface area contributed by atoms with Crippen LogP contribution in [0.4, 0.5) is 4.39 Å². The van der Waals surface area contributed by atoms with Gasteiger partial charge in [0.1, 0.15) is 11.6 Å². The fourth-order valence-corrected chi connectivity index (χ4v) is 1.22. The molecule has 2 nitrogen and oxygen atoms in total. The molecular formula is C11H10FNO. The number of Topliss-reactive ketones (excluding diaryl/α,β-unsaturated/α-hetero) is 1. The predicted molar refractivity (Wildman–Crippen MR) is 50.1 cm³/mol. The molecular weight excluding hydrogens is 181 g/mol. The molecule has 0 spiro atoms. The van der Waals surface area contributed by atoms with Gasteiger partial charge in [0.05, 0.1) is 12.0 Å². The molecule has 0 radical (unpaired) electrons. The van der Waals surface area contributed by atoms with Gasteiger partial charge in [0.25, 0.3) is 0 Å². The molecule has 0 aliphatic carbocycles. The van der Waals surface area contributed by atoms with Crippen molar-refractivity contribution in [3.63, 3.8) is 0 Å². The maximum Gasteiger partial charge on any atom is 0.131 e. The highest BCUT2D eigenvalue weighted by atomic mass is 19.1. The molecule has 14 heavy (non-hydrogen) atoms. The Kier molecular flexibility index (Phi) is 3.35. The number of hydrogen-bond acceptors (Lipinski definition) is 2. The van der Waals surface area contributed by atoms with E-state index in [-0.39, 0.29) is 18.0 Å². The number of nitrogens with zero attached hydrogens (tertiary/aromatic N) is 1. The summed E-state index contributed by atoms with van der Waals surface area (Å²) in [5.41, 5.74) is 0.684. The number of halogens is 1. The Hall–Kier alpha value is -1.69. The van der Waals surface area contributed by atoms with Crippen molar-refractivity contribution < 1.29 is 9.18 Å². The summed E-state index contributed by atoms with van der Waals surface area (Å²) in [4.78, 5) is 10.8.